The van der Waals surface area contributed by atoms with Crippen LogP contribution in [0.15, 0.2) is 119 Å². The Hall–Kier alpha value is -3.53. The molecule has 0 atom stereocenters. The number of rotatable bonds is 2. The Morgan fingerprint density at radius 2 is 1.00 bits per heavy atom. The maximum absolute atomic E-state index is 13.9. The molecule has 7 rings (SSSR count). The molecule has 7 heteroatoms. The van der Waals surface area contributed by atoms with Gasteiger partial charge in [-0.15, -0.1) is 0 Å². The van der Waals surface area contributed by atoms with E-state index in [0.29, 0.717) is 11.1 Å². The number of Topliss-reactive ketones (excluding diaryl/α,β-unsaturated/α-hetero) is 2. The van der Waals surface area contributed by atoms with Crippen molar-refractivity contribution in [1.82, 2.24) is 0 Å². The number of carbonyl (C=O) groups is 2. The summed E-state index contributed by atoms with van der Waals surface area (Å²) < 4.78 is 17.2. The zero-order valence-electron chi connectivity index (χ0n) is 28.4. The van der Waals surface area contributed by atoms with Crippen molar-refractivity contribution in [2.24, 2.45) is 5.92 Å². The van der Waals surface area contributed by atoms with Crippen LogP contribution in [0.5, 0.6) is 0 Å². The van der Waals surface area contributed by atoms with Crippen LogP contribution in [-0.2, 0) is 14.1 Å². The van der Waals surface area contributed by atoms with Gasteiger partial charge in [-0.25, -0.2) is 0 Å². The monoisotopic (exact) mass is 870 g/mol. The van der Waals surface area contributed by atoms with Crippen LogP contribution in [0.1, 0.15) is 96.5 Å². The third kappa shape index (κ3) is 10.7. The molecule has 48 heavy (non-hydrogen) atoms. The Morgan fingerprint density at radius 3 is 1.52 bits per heavy atom. The van der Waals surface area contributed by atoms with Crippen LogP contribution in [0.4, 0.5) is 11.4 Å². The second-order valence-electron chi connectivity index (χ2n) is 12.8. The van der Waals surface area contributed by atoms with Gasteiger partial charge in [-0.2, -0.15) is 0 Å². The molecule has 0 aromatic heterocycles. The van der Waals surface area contributed by atoms with Crippen LogP contribution in [0.25, 0.3) is 5.57 Å². The van der Waals surface area contributed by atoms with E-state index in [-0.39, 0.29) is 17.5 Å². The molecule has 2 aromatic rings. The molecular formula is C41H48N2O4U. The number of anilines is 2. The predicted octanol–water partition coefficient (Wildman–Crippen LogP) is 10.4. The van der Waals surface area contributed by atoms with Crippen LogP contribution in [0, 0.1) is 33.7 Å². The summed E-state index contributed by atoms with van der Waals surface area (Å²) in [5, 5.41) is 6.74. The fourth-order valence-corrected chi connectivity index (χ4v) is 6.60. The van der Waals surface area contributed by atoms with Crippen molar-refractivity contribution in [1.29, 1.82) is 0 Å². The van der Waals surface area contributed by atoms with E-state index in [1.54, 1.807) is 6.20 Å². The Bertz CT molecular complexity index is 1650. The van der Waals surface area contributed by atoms with Gasteiger partial charge in [-0.1, -0.05) is 120 Å². The third-order valence-corrected chi connectivity index (χ3v) is 9.07. The Morgan fingerprint density at radius 1 is 0.562 bits per heavy atom. The van der Waals surface area contributed by atoms with Crippen molar-refractivity contribution in [2.75, 3.05) is 10.6 Å². The van der Waals surface area contributed by atoms with E-state index in [2.05, 4.69) is 36.6 Å². The topological polar surface area (TPSA) is 92.3 Å². The van der Waals surface area contributed by atoms with E-state index < -0.39 is 27.8 Å². The van der Waals surface area contributed by atoms with Gasteiger partial charge in [0, 0.05) is 34.7 Å². The van der Waals surface area contributed by atoms with E-state index in [9.17, 15) is 9.59 Å². The van der Waals surface area contributed by atoms with Crippen molar-refractivity contribution in [3.05, 3.63) is 125 Å². The number of benzene rings is 2. The van der Waals surface area contributed by atoms with Gasteiger partial charge in [0.15, 0.2) is 11.6 Å². The summed E-state index contributed by atoms with van der Waals surface area (Å²) >= 11 is -2.51. The SMILES string of the molecule is CC(C)C1=C2C=C/C(=C/Nc3ccccc3N/C=C3/C=CC(=C(c4ccccc4)C3=O)CCCCCCCCCCCC2)C1=O.[O]=[U]=[O]. The molecule has 0 spiro atoms. The average molecular weight is 871 g/mol. The summed E-state index contributed by atoms with van der Waals surface area (Å²) in [7, 11) is 0. The molecule has 3 heterocycles. The standard InChI is InChI=1S/C41H48N2O2.2O.U/c1-30(2)38-32-20-12-9-7-5-3-4-6-8-10-13-21-33-25-27-35(41(45)39(33)31-18-14-11-15-19-31)29-43-37-23-17-16-22-36(37)42-28-34(26-24-32)40(38)44;;;/h11,14-19,22-30,42-43H,3-10,12-13,20-21H2,1-2H3;;;/b34-28-,35-29-;;;. The van der Waals surface area contributed by atoms with Gasteiger partial charge in [0.2, 0.25) is 0 Å². The molecule has 0 saturated heterocycles. The summed E-state index contributed by atoms with van der Waals surface area (Å²) in [6, 6.07) is 17.9. The molecule has 2 aromatic carbocycles. The summed E-state index contributed by atoms with van der Waals surface area (Å²) in [6.07, 6.45) is 26.0. The molecule has 3 aliphatic heterocycles. The molecule has 6 nitrogen and oxygen atoms in total. The summed E-state index contributed by atoms with van der Waals surface area (Å²) in [5.41, 5.74) is 7.97. The van der Waals surface area contributed by atoms with Crippen molar-refractivity contribution in [3.8, 4) is 0 Å². The van der Waals surface area contributed by atoms with Crippen LogP contribution in [0.2, 0.25) is 0 Å². The van der Waals surface area contributed by atoms with Crippen molar-refractivity contribution >= 4 is 28.5 Å². The summed E-state index contributed by atoms with van der Waals surface area (Å²) in [6.45, 7) is 4.23. The van der Waals surface area contributed by atoms with Gasteiger partial charge in [0.1, 0.15) is 0 Å². The molecule has 0 fully saturated rings. The van der Waals surface area contributed by atoms with Crippen LogP contribution in [-0.4, -0.2) is 11.6 Å². The Kier molecular flexibility index (Phi) is 15.6. The second-order valence-corrected chi connectivity index (χ2v) is 13.5. The summed E-state index contributed by atoms with van der Waals surface area (Å²) in [4.78, 5) is 27.5. The van der Waals surface area contributed by atoms with Crippen molar-refractivity contribution in [3.63, 3.8) is 0 Å². The average Bonchev–Trinajstić information content (AvgIpc) is 3.08. The first-order chi connectivity index (χ1) is 23.4. The van der Waals surface area contributed by atoms with Gasteiger partial charge >= 0.3 is 32.3 Å². The van der Waals surface area contributed by atoms with Gasteiger partial charge in [0.25, 0.3) is 0 Å². The molecular weight excluding hydrogens is 822 g/mol. The zero-order valence-corrected chi connectivity index (χ0v) is 32.5. The molecule has 0 saturated carbocycles. The van der Waals surface area contributed by atoms with Crippen LogP contribution >= 0.6 is 0 Å². The number of hydrogen-bond donors (Lipinski definition) is 2. The van der Waals surface area contributed by atoms with Gasteiger partial charge in [-0.3, -0.25) is 9.59 Å². The Labute approximate surface area is 300 Å². The number of nitrogens with one attached hydrogen (secondary N) is 2. The normalized spacial score (nSPS) is 20.4. The zero-order chi connectivity index (χ0) is 34.1. The first-order valence-corrected chi connectivity index (χ1v) is 20.8. The molecule has 2 aliphatic carbocycles. The number of hydrogen-bond acceptors (Lipinski definition) is 6. The maximum atomic E-state index is 13.9. The van der Waals surface area contributed by atoms with Gasteiger partial charge in [0.05, 0.1) is 11.4 Å². The molecule has 2 N–H and O–H groups in total. The van der Waals surface area contributed by atoms with E-state index in [4.69, 9.17) is 4.47 Å². The van der Waals surface area contributed by atoms with Gasteiger partial charge in [-0.05, 0) is 72.6 Å². The minimum absolute atomic E-state index is 0.0435. The molecule has 0 radical (unpaired) electrons. The molecule has 5 aliphatic rings. The quantitative estimate of drug-likeness (QED) is 0.312. The molecule has 0 unspecified atom stereocenters. The van der Waals surface area contributed by atoms with Crippen LogP contribution in [0.3, 0.4) is 0 Å². The number of allylic oxidation sites excluding steroid dienone is 10. The molecule has 250 valence electrons. The number of ketones is 2. The second kappa shape index (κ2) is 20.1. The number of fused-ring (bicyclic) bond motifs is 2. The summed E-state index contributed by atoms with van der Waals surface area (Å²) in [5.74, 6) is 0.324. The van der Waals surface area contributed by atoms with E-state index >= 15 is 0 Å². The predicted molar refractivity (Wildman–Crippen MR) is 190 cm³/mol. The molecule has 0 amide bonds. The van der Waals surface area contributed by atoms with E-state index in [0.717, 1.165) is 59.3 Å². The van der Waals surface area contributed by atoms with E-state index in [1.807, 2.05) is 72.9 Å². The van der Waals surface area contributed by atoms with Gasteiger partial charge < -0.3 is 10.6 Å². The first kappa shape index (κ1) is 37.3. The van der Waals surface area contributed by atoms with Crippen molar-refractivity contribution < 1.29 is 41.9 Å². The van der Waals surface area contributed by atoms with Crippen LogP contribution < -0.4 is 10.6 Å². The van der Waals surface area contributed by atoms with E-state index in [1.165, 1.54) is 56.9 Å². The number of para-hydroxylation sites is 2. The molecule has 4 bridgehead atoms. The Balaban J connectivity index is 0.00000167. The fourth-order valence-electron chi connectivity index (χ4n) is 6.60. The first-order valence-electron chi connectivity index (χ1n) is 17.4. The third-order valence-electron chi connectivity index (χ3n) is 9.07. The minimum atomic E-state index is -2.51. The fraction of sp³-hybridized carbons (Fsp3) is 0.366. The van der Waals surface area contributed by atoms with Crippen molar-refractivity contribution in [2.45, 2.75) is 90.9 Å². The number of carbonyl (C=O) groups excluding carboxylic acids is 2.